The Bertz CT molecular complexity index is 772. The summed E-state index contributed by atoms with van der Waals surface area (Å²) in [4.78, 5) is 12.3. The summed E-state index contributed by atoms with van der Waals surface area (Å²) in [5.41, 5.74) is -0.122. The predicted octanol–water partition coefficient (Wildman–Crippen LogP) is 5.52. The van der Waals surface area contributed by atoms with Crippen molar-refractivity contribution >= 4 is 5.78 Å². The molecule has 2 aromatic carbocycles. The maximum Gasteiger partial charge on any atom is 0.416 e. The van der Waals surface area contributed by atoms with E-state index in [1.807, 2.05) is 20.8 Å². The number of rotatable bonds is 5. The van der Waals surface area contributed by atoms with Gasteiger partial charge in [-0.25, -0.2) is 0 Å². The lowest BCUT2D eigenvalue weighted by Gasteiger charge is -2.18. The molecule has 3 nitrogen and oxygen atoms in total. The number of Topliss-reactive ketones (excluding diaryl/α,β-unsaturated/α-hetero) is 1. The van der Waals surface area contributed by atoms with Crippen LogP contribution in [0.15, 0.2) is 42.5 Å². The summed E-state index contributed by atoms with van der Waals surface area (Å²) in [6.45, 7) is 5.57. The lowest BCUT2D eigenvalue weighted by atomic mass is 9.86. The van der Waals surface area contributed by atoms with Gasteiger partial charge in [0.15, 0.2) is 17.3 Å². The van der Waals surface area contributed by atoms with E-state index in [1.54, 1.807) is 18.2 Å². The van der Waals surface area contributed by atoms with Crippen molar-refractivity contribution in [2.45, 2.75) is 33.6 Å². The fourth-order valence-electron chi connectivity index (χ4n) is 2.31. The molecule has 0 aliphatic heterocycles. The van der Waals surface area contributed by atoms with Crippen LogP contribution in [0.4, 0.5) is 13.2 Å². The molecule has 2 aromatic rings. The molecule has 0 atom stereocenters. The van der Waals surface area contributed by atoms with E-state index >= 15 is 0 Å². The first-order chi connectivity index (χ1) is 12.0. The molecule has 0 bridgehead atoms. The molecule has 0 saturated heterocycles. The molecule has 0 aliphatic carbocycles. The Hall–Kier alpha value is -2.50. The van der Waals surface area contributed by atoms with Gasteiger partial charge < -0.3 is 9.47 Å². The highest BCUT2D eigenvalue weighted by molar-refractivity contribution is 6.00. The fourth-order valence-corrected chi connectivity index (χ4v) is 2.31. The number of carbonyl (C=O) groups is 1. The number of benzene rings is 2. The number of hydrogen-bond donors (Lipinski definition) is 0. The molecule has 0 aliphatic rings. The molecule has 0 saturated carbocycles. The lowest BCUT2D eigenvalue weighted by Crippen LogP contribution is -2.20. The summed E-state index contributed by atoms with van der Waals surface area (Å²) in [5.74, 6) is 0.787. The van der Waals surface area contributed by atoms with E-state index in [2.05, 4.69) is 0 Å². The second-order valence-corrected chi connectivity index (χ2v) is 6.93. The van der Waals surface area contributed by atoms with Crippen molar-refractivity contribution in [3.63, 3.8) is 0 Å². The van der Waals surface area contributed by atoms with Gasteiger partial charge in [0.25, 0.3) is 0 Å². The van der Waals surface area contributed by atoms with Gasteiger partial charge in [-0.3, -0.25) is 4.79 Å². The van der Waals surface area contributed by atoms with Crippen LogP contribution in [0.5, 0.6) is 11.5 Å². The van der Waals surface area contributed by atoms with Crippen molar-refractivity contribution in [2.75, 3.05) is 7.11 Å². The molecule has 0 amide bonds. The molecular weight excluding hydrogens is 345 g/mol. The lowest BCUT2D eigenvalue weighted by molar-refractivity contribution is -0.137. The summed E-state index contributed by atoms with van der Waals surface area (Å²) >= 11 is 0. The number of methoxy groups -OCH3 is 1. The highest BCUT2D eigenvalue weighted by Crippen LogP contribution is 2.32. The largest absolute Gasteiger partial charge is 0.493 e. The summed E-state index contributed by atoms with van der Waals surface area (Å²) in [5, 5.41) is 0. The average molecular weight is 366 g/mol. The highest BCUT2D eigenvalue weighted by Gasteiger charge is 2.30. The number of alkyl halides is 3. The Morgan fingerprint density at radius 3 is 2.08 bits per heavy atom. The summed E-state index contributed by atoms with van der Waals surface area (Å²) < 4.78 is 48.7. The number of carbonyl (C=O) groups excluding carboxylic acids is 1. The van der Waals surface area contributed by atoms with Crippen LogP contribution in [0.1, 0.15) is 42.3 Å². The Kier molecular flexibility index (Phi) is 5.64. The van der Waals surface area contributed by atoms with E-state index in [9.17, 15) is 18.0 Å². The van der Waals surface area contributed by atoms with Gasteiger partial charge in [0, 0.05) is 11.0 Å². The van der Waals surface area contributed by atoms with Gasteiger partial charge in [0.05, 0.1) is 12.7 Å². The topological polar surface area (TPSA) is 35.5 Å². The van der Waals surface area contributed by atoms with E-state index in [0.29, 0.717) is 22.6 Å². The second-order valence-electron chi connectivity index (χ2n) is 6.93. The van der Waals surface area contributed by atoms with Gasteiger partial charge >= 0.3 is 6.18 Å². The van der Waals surface area contributed by atoms with E-state index < -0.39 is 17.2 Å². The normalized spacial score (nSPS) is 12.0. The molecule has 0 heterocycles. The molecule has 6 heteroatoms. The highest BCUT2D eigenvalue weighted by atomic mass is 19.4. The molecule has 0 spiro atoms. The minimum absolute atomic E-state index is 0.0231. The van der Waals surface area contributed by atoms with Crippen LogP contribution >= 0.6 is 0 Å². The van der Waals surface area contributed by atoms with E-state index in [1.165, 1.54) is 19.2 Å². The third kappa shape index (κ3) is 4.77. The SMILES string of the molecule is COc1cc(C(=O)C(C)(C)C)ccc1OCc1ccc(C(F)(F)F)cc1. The van der Waals surface area contributed by atoms with Crippen molar-refractivity contribution in [3.8, 4) is 11.5 Å². The molecule has 0 radical (unpaired) electrons. The van der Waals surface area contributed by atoms with Gasteiger partial charge in [0.1, 0.15) is 6.61 Å². The van der Waals surface area contributed by atoms with Crippen LogP contribution in [-0.2, 0) is 12.8 Å². The zero-order valence-corrected chi connectivity index (χ0v) is 15.1. The van der Waals surface area contributed by atoms with Crippen LogP contribution in [0.2, 0.25) is 0 Å². The molecule has 2 rings (SSSR count). The third-order valence-electron chi connectivity index (χ3n) is 3.78. The first-order valence-corrected chi connectivity index (χ1v) is 8.04. The molecule has 140 valence electrons. The standard InChI is InChI=1S/C20H21F3O3/c1-19(2,3)18(24)14-7-10-16(17(11-14)25-4)26-12-13-5-8-15(9-6-13)20(21,22)23/h5-11H,12H2,1-4H3. The van der Waals surface area contributed by atoms with Crippen LogP contribution in [0.3, 0.4) is 0 Å². The Morgan fingerprint density at radius 1 is 0.962 bits per heavy atom. The minimum atomic E-state index is -4.36. The molecule has 0 aromatic heterocycles. The van der Waals surface area contributed by atoms with Gasteiger partial charge in [-0.15, -0.1) is 0 Å². The van der Waals surface area contributed by atoms with E-state index in [4.69, 9.17) is 9.47 Å². The Morgan fingerprint density at radius 2 is 1.58 bits per heavy atom. The maximum atomic E-state index is 12.6. The van der Waals surface area contributed by atoms with Gasteiger partial charge in [-0.1, -0.05) is 32.9 Å². The Balaban J connectivity index is 2.13. The van der Waals surface area contributed by atoms with Gasteiger partial charge in [-0.05, 0) is 35.9 Å². The predicted molar refractivity (Wildman–Crippen MR) is 92.6 cm³/mol. The molecule has 26 heavy (non-hydrogen) atoms. The van der Waals surface area contributed by atoms with E-state index in [-0.39, 0.29) is 12.4 Å². The van der Waals surface area contributed by atoms with Crippen molar-refractivity contribution in [3.05, 3.63) is 59.2 Å². The first-order valence-electron chi connectivity index (χ1n) is 8.04. The van der Waals surface area contributed by atoms with Crippen LogP contribution in [0.25, 0.3) is 0 Å². The molecule has 0 N–H and O–H groups in total. The molecular formula is C20H21F3O3. The third-order valence-corrected chi connectivity index (χ3v) is 3.78. The monoisotopic (exact) mass is 366 g/mol. The summed E-state index contributed by atoms with van der Waals surface area (Å²) in [6, 6.07) is 9.65. The summed E-state index contributed by atoms with van der Waals surface area (Å²) in [6.07, 6.45) is -4.36. The number of hydrogen-bond acceptors (Lipinski definition) is 3. The van der Waals surface area contributed by atoms with Crippen molar-refractivity contribution in [1.82, 2.24) is 0 Å². The number of ether oxygens (including phenoxy) is 2. The number of halogens is 3. The molecule has 0 unspecified atom stereocenters. The minimum Gasteiger partial charge on any atom is -0.493 e. The quantitative estimate of drug-likeness (QED) is 0.654. The number of ketones is 1. The zero-order valence-electron chi connectivity index (χ0n) is 15.1. The van der Waals surface area contributed by atoms with Gasteiger partial charge in [0.2, 0.25) is 0 Å². The van der Waals surface area contributed by atoms with E-state index in [0.717, 1.165) is 12.1 Å². The second kappa shape index (κ2) is 7.40. The zero-order chi connectivity index (χ0) is 19.5. The van der Waals surface area contributed by atoms with Crippen molar-refractivity contribution in [1.29, 1.82) is 0 Å². The Labute approximate surface area is 150 Å². The van der Waals surface area contributed by atoms with Crippen LogP contribution < -0.4 is 9.47 Å². The summed E-state index contributed by atoms with van der Waals surface area (Å²) in [7, 11) is 1.46. The first kappa shape index (κ1) is 19.8. The fraction of sp³-hybridized carbons (Fsp3) is 0.350. The van der Waals surface area contributed by atoms with Gasteiger partial charge in [-0.2, -0.15) is 13.2 Å². The van der Waals surface area contributed by atoms with Crippen molar-refractivity contribution in [2.24, 2.45) is 5.41 Å². The van der Waals surface area contributed by atoms with Crippen molar-refractivity contribution < 1.29 is 27.4 Å². The molecule has 0 fully saturated rings. The van der Waals surface area contributed by atoms with Crippen LogP contribution in [0, 0.1) is 5.41 Å². The van der Waals surface area contributed by atoms with Crippen LogP contribution in [-0.4, -0.2) is 12.9 Å². The average Bonchev–Trinajstić information content (AvgIpc) is 2.58. The smallest absolute Gasteiger partial charge is 0.416 e. The maximum absolute atomic E-state index is 12.6.